The van der Waals surface area contributed by atoms with Crippen molar-refractivity contribution in [2.75, 3.05) is 18.4 Å². The van der Waals surface area contributed by atoms with Gasteiger partial charge >= 0.3 is 12.2 Å². The molecule has 0 aliphatic carbocycles. The Kier molecular flexibility index (Phi) is 5.95. The summed E-state index contributed by atoms with van der Waals surface area (Å²) in [6.07, 6.45) is -3.69. The lowest BCUT2D eigenvalue weighted by atomic mass is 10.2. The number of nitrogens with two attached hydrogens (primary N) is 1. The molecule has 0 saturated heterocycles. The monoisotopic (exact) mass is 319 g/mol. The molecule has 1 rings (SSSR count). The molecular formula is C13H16F3N3OS. The van der Waals surface area contributed by atoms with Gasteiger partial charge in [0.2, 0.25) is 0 Å². The van der Waals surface area contributed by atoms with E-state index in [0.717, 1.165) is 12.1 Å². The van der Waals surface area contributed by atoms with E-state index < -0.39 is 17.8 Å². The number of carbonyl (C=O) groups excluding carboxylic acids is 1. The van der Waals surface area contributed by atoms with Crippen LogP contribution in [-0.2, 0) is 6.18 Å². The lowest BCUT2D eigenvalue weighted by Gasteiger charge is -2.22. The molecule has 0 spiro atoms. The number of benzene rings is 1. The molecular weight excluding hydrogens is 303 g/mol. The Bertz CT molecular complexity index is 502. The van der Waals surface area contributed by atoms with Crippen molar-refractivity contribution in [3.8, 4) is 0 Å². The van der Waals surface area contributed by atoms with E-state index in [1.807, 2.05) is 6.92 Å². The van der Waals surface area contributed by atoms with Gasteiger partial charge in [0, 0.05) is 12.2 Å². The van der Waals surface area contributed by atoms with E-state index in [0.29, 0.717) is 13.0 Å². The lowest BCUT2D eigenvalue weighted by molar-refractivity contribution is -0.137. The molecule has 116 valence electrons. The van der Waals surface area contributed by atoms with Gasteiger partial charge in [-0.2, -0.15) is 13.2 Å². The SMILES string of the molecule is CCCN(CC(N)=S)C(=O)Nc1ccc(C(F)(F)F)cc1. The Balaban J connectivity index is 2.74. The van der Waals surface area contributed by atoms with Crippen LogP contribution in [0.3, 0.4) is 0 Å². The second kappa shape index (κ2) is 7.26. The zero-order valence-corrected chi connectivity index (χ0v) is 12.2. The predicted molar refractivity (Wildman–Crippen MR) is 79.1 cm³/mol. The number of thiocarbonyl (C=S) groups is 1. The van der Waals surface area contributed by atoms with Gasteiger partial charge in [0.15, 0.2) is 0 Å². The van der Waals surface area contributed by atoms with E-state index in [9.17, 15) is 18.0 Å². The van der Waals surface area contributed by atoms with Gasteiger partial charge in [0.25, 0.3) is 0 Å². The molecule has 2 amide bonds. The molecule has 3 N–H and O–H groups in total. The van der Waals surface area contributed by atoms with Crippen LogP contribution in [0.1, 0.15) is 18.9 Å². The number of carbonyl (C=O) groups is 1. The first kappa shape index (κ1) is 17.2. The Morgan fingerprint density at radius 1 is 1.33 bits per heavy atom. The van der Waals surface area contributed by atoms with Gasteiger partial charge in [-0.3, -0.25) is 0 Å². The Morgan fingerprint density at radius 3 is 2.33 bits per heavy atom. The molecule has 0 radical (unpaired) electrons. The van der Waals surface area contributed by atoms with Gasteiger partial charge < -0.3 is 16.0 Å². The zero-order valence-electron chi connectivity index (χ0n) is 11.4. The molecule has 0 saturated carbocycles. The molecule has 0 aromatic heterocycles. The van der Waals surface area contributed by atoms with E-state index >= 15 is 0 Å². The van der Waals surface area contributed by atoms with Crippen molar-refractivity contribution in [1.29, 1.82) is 0 Å². The maximum Gasteiger partial charge on any atom is 0.416 e. The van der Waals surface area contributed by atoms with Crippen molar-refractivity contribution < 1.29 is 18.0 Å². The second-order valence-electron chi connectivity index (χ2n) is 4.39. The smallest absolute Gasteiger partial charge is 0.392 e. The molecule has 0 bridgehead atoms. The molecule has 21 heavy (non-hydrogen) atoms. The van der Waals surface area contributed by atoms with Crippen molar-refractivity contribution in [2.45, 2.75) is 19.5 Å². The minimum Gasteiger partial charge on any atom is -0.392 e. The van der Waals surface area contributed by atoms with Crippen LogP contribution in [0, 0.1) is 0 Å². The fourth-order valence-electron chi connectivity index (χ4n) is 1.66. The molecule has 0 unspecified atom stereocenters. The van der Waals surface area contributed by atoms with Crippen molar-refractivity contribution >= 4 is 28.9 Å². The lowest BCUT2D eigenvalue weighted by Crippen LogP contribution is -2.40. The third kappa shape index (κ3) is 5.58. The summed E-state index contributed by atoms with van der Waals surface area (Å²) >= 11 is 4.76. The fraction of sp³-hybridized carbons (Fsp3) is 0.385. The maximum absolute atomic E-state index is 12.4. The summed E-state index contributed by atoms with van der Waals surface area (Å²) in [4.78, 5) is 13.6. The third-order valence-corrected chi connectivity index (χ3v) is 2.72. The number of anilines is 1. The van der Waals surface area contributed by atoms with E-state index in [1.54, 1.807) is 0 Å². The highest BCUT2D eigenvalue weighted by atomic mass is 32.1. The van der Waals surface area contributed by atoms with Crippen LogP contribution < -0.4 is 11.1 Å². The van der Waals surface area contributed by atoms with Crippen LogP contribution in [0.15, 0.2) is 24.3 Å². The largest absolute Gasteiger partial charge is 0.416 e. The van der Waals surface area contributed by atoms with Crippen LogP contribution >= 0.6 is 12.2 Å². The molecule has 1 aromatic rings. The van der Waals surface area contributed by atoms with Crippen molar-refractivity contribution in [2.24, 2.45) is 5.73 Å². The quantitative estimate of drug-likeness (QED) is 0.819. The van der Waals surface area contributed by atoms with Gasteiger partial charge in [-0.15, -0.1) is 0 Å². The number of amides is 2. The summed E-state index contributed by atoms with van der Waals surface area (Å²) in [6.45, 7) is 2.46. The average Bonchev–Trinajstić information content (AvgIpc) is 2.37. The van der Waals surface area contributed by atoms with Crippen LogP contribution in [0.5, 0.6) is 0 Å². The third-order valence-electron chi connectivity index (χ3n) is 2.59. The first-order valence-corrected chi connectivity index (χ1v) is 6.66. The Hall–Kier alpha value is -1.83. The highest BCUT2D eigenvalue weighted by molar-refractivity contribution is 7.80. The number of hydrogen-bond acceptors (Lipinski definition) is 2. The molecule has 8 heteroatoms. The van der Waals surface area contributed by atoms with Crippen LogP contribution in [0.25, 0.3) is 0 Å². The van der Waals surface area contributed by atoms with Gasteiger partial charge in [0.05, 0.1) is 17.1 Å². The second-order valence-corrected chi connectivity index (χ2v) is 4.92. The maximum atomic E-state index is 12.4. The van der Waals surface area contributed by atoms with Gasteiger partial charge in [-0.1, -0.05) is 19.1 Å². The summed E-state index contributed by atoms with van der Waals surface area (Å²) in [7, 11) is 0. The molecule has 0 atom stereocenters. The van der Waals surface area contributed by atoms with Crippen LogP contribution in [-0.4, -0.2) is 29.0 Å². The van der Waals surface area contributed by atoms with E-state index in [2.05, 4.69) is 5.32 Å². The molecule has 0 heterocycles. The molecule has 0 aliphatic rings. The highest BCUT2D eigenvalue weighted by Gasteiger charge is 2.30. The minimum atomic E-state index is -4.40. The summed E-state index contributed by atoms with van der Waals surface area (Å²) in [6, 6.07) is 3.77. The van der Waals surface area contributed by atoms with Gasteiger partial charge in [0.1, 0.15) is 0 Å². The first-order chi connectivity index (χ1) is 9.74. The van der Waals surface area contributed by atoms with Crippen molar-refractivity contribution in [1.82, 2.24) is 4.90 Å². The topological polar surface area (TPSA) is 58.4 Å². The minimum absolute atomic E-state index is 0.121. The number of urea groups is 1. The average molecular weight is 319 g/mol. The Labute approximate surface area is 126 Å². The molecule has 4 nitrogen and oxygen atoms in total. The Morgan fingerprint density at radius 2 is 1.90 bits per heavy atom. The number of nitrogens with one attached hydrogen (secondary N) is 1. The summed E-state index contributed by atoms with van der Waals surface area (Å²) in [5, 5.41) is 2.52. The highest BCUT2D eigenvalue weighted by Crippen LogP contribution is 2.29. The van der Waals surface area contributed by atoms with E-state index in [-0.39, 0.29) is 17.2 Å². The predicted octanol–water partition coefficient (Wildman–Crippen LogP) is 3.24. The molecule has 1 aromatic carbocycles. The zero-order chi connectivity index (χ0) is 16.0. The van der Waals surface area contributed by atoms with Crippen molar-refractivity contribution in [3.05, 3.63) is 29.8 Å². The number of rotatable bonds is 5. The summed E-state index contributed by atoms with van der Waals surface area (Å²) in [5.74, 6) is 0. The molecule has 0 aliphatic heterocycles. The number of alkyl halides is 3. The van der Waals surface area contributed by atoms with Crippen LogP contribution in [0.4, 0.5) is 23.7 Å². The number of hydrogen-bond donors (Lipinski definition) is 2. The fourth-order valence-corrected chi connectivity index (χ4v) is 1.81. The number of halogens is 3. The van der Waals surface area contributed by atoms with Crippen molar-refractivity contribution in [3.63, 3.8) is 0 Å². The standard InChI is InChI=1S/C13H16F3N3OS/c1-2-7-19(8-11(17)21)12(20)18-10-5-3-9(4-6-10)13(14,15)16/h3-6H,2,7-8H2,1H3,(H2,17,21)(H,18,20). The van der Waals surface area contributed by atoms with E-state index in [1.165, 1.54) is 17.0 Å². The number of nitrogens with zero attached hydrogens (tertiary/aromatic N) is 1. The first-order valence-electron chi connectivity index (χ1n) is 6.25. The molecule has 0 fully saturated rings. The van der Waals surface area contributed by atoms with E-state index in [4.69, 9.17) is 18.0 Å². The summed E-state index contributed by atoms with van der Waals surface area (Å²) in [5.41, 5.74) is 4.91. The normalized spacial score (nSPS) is 11.0. The summed E-state index contributed by atoms with van der Waals surface area (Å²) < 4.78 is 37.3. The van der Waals surface area contributed by atoms with Crippen LogP contribution in [0.2, 0.25) is 0 Å². The van der Waals surface area contributed by atoms with Gasteiger partial charge in [-0.05, 0) is 30.7 Å². The van der Waals surface area contributed by atoms with Gasteiger partial charge in [-0.25, -0.2) is 4.79 Å².